The van der Waals surface area contributed by atoms with Crippen molar-refractivity contribution in [2.45, 2.75) is 38.1 Å². The highest BCUT2D eigenvalue weighted by molar-refractivity contribution is 6.10. The maximum absolute atomic E-state index is 12.9. The van der Waals surface area contributed by atoms with Crippen LogP contribution in [-0.2, 0) is 14.4 Å². The highest BCUT2D eigenvalue weighted by Gasteiger charge is 2.29. The van der Waals surface area contributed by atoms with Crippen LogP contribution in [0.15, 0.2) is 30.5 Å². The van der Waals surface area contributed by atoms with Gasteiger partial charge in [0, 0.05) is 43.2 Å². The summed E-state index contributed by atoms with van der Waals surface area (Å²) in [5.74, 6) is -1.83. The summed E-state index contributed by atoms with van der Waals surface area (Å²) in [6, 6.07) is 6.54. The van der Waals surface area contributed by atoms with Crippen LogP contribution in [0.5, 0.6) is 0 Å². The number of carbonyl (C=O) groups excluding carboxylic acids is 3. The molecule has 2 aromatic rings. The zero-order chi connectivity index (χ0) is 22.0. The number of carboxylic acids is 1. The van der Waals surface area contributed by atoms with Gasteiger partial charge in [-0.3, -0.25) is 29.5 Å². The molecule has 0 saturated carbocycles. The molecule has 31 heavy (non-hydrogen) atoms. The van der Waals surface area contributed by atoms with Crippen LogP contribution in [0.2, 0.25) is 0 Å². The molecule has 3 heterocycles. The van der Waals surface area contributed by atoms with Crippen molar-refractivity contribution in [1.82, 2.24) is 15.6 Å². The van der Waals surface area contributed by atoms with Crippen molar-refractivity contribution < 1.29 is 24.3 Å². The van der Waals surface area contributed by atoms with Gasteiger partial charge in [0.1, 0.15) is 6.04 Å². The van der Waals surface area contributed by atoms with Gasteiger partial charge in [-0.1, -0.05) is 0 Å². The second kappa shape index (κ2) is 8.71. The van der Waals surface area contributed by atoms with E-state index in [0.717, 1.165) is 37.0 Å². The molecule has 162 valence electrons. The summed E-state index contributed by atoms with van der Waals surface area (Å²) in [5, 5.41) is 14.8. The monoisotopic (exact) mass is 424 g/mol. The molecule has 9 heteroatoms. The highest BCUT2D eigenvalue weighted by Crippen LogP contribution is 2.32. The van der Waals surface area contributed by atoms with Crippen LogP contribution in [0, 0.1) is 5.92 Å². The molecule has 3 N–H and O–H groups in total. The molecule has 0 radical (unpaired) electrons. The molecule has 1 atom stereocenters. The number of fused-ring (bicyclic) bond motifs is 1. The van der Waals surface area contributed by atoms with Crippen LogP contribution in [0.3, 0.4) is 0 Å². The summed E-state index contributed by atoms with van der Waals surface area (Å²) in [6.07, 6.45) is 3.86. The predicted octanol–water partition coefficient (Wildman–Crippen LogP) is 1.46. The first-order valence-corrected chi connectivity index (χ1v) is 10.4. The van der Waals surface area contributed by atoms with Gasteiger partial charge in [-0.15, -0.1) is 0 Å². The topological polar surface area (TPSA) is 129 Å². The number of hydrogen-bond donors (Lipinski definition) is 3. The molecule has 3 amide bonds. The fourth-order valence-electron chi connectivity index (χ4n) is 4.31. The quantitative estimate of drug-likeness (QED) is 0.620. The number of amides is 3. The van der Waals surface area contributed by atoms with Crippen molar-refractivity contribution in [2.75, 3.05) is 18.0 Å². The molecular formula is C22H24N4O5. The summed E-state index contributed by atoms with van der Waals surface area (Å²) >= 11 is 0. The Bertz CT molecular complexity index is 1050. The molecule has 2 fully saturated rings. The fraction of sp³-hybridized carbons (Fsp3) is 0.409. The molecule has 0 spiro atoms. The zero-order valence-electron chi connectivity index (χ0n) is 17.0. The van der Waals surface area contributed by atoms with E-state index in [0.29, 0.717) is 11.1 Å². The van der Waals surface area contributed by atoms with Gasteiger partial charge in [0.25, 0.3) is 5.91 Å². The third kappa shape index (κ3) is 4.50. The van der Waals surface area contributed by atoms with Gasteiger partial charge in [0.2, 0.25) is 11.8 Å². The van der Waals surface area contributed by atoms with E-state index in [2.05, 4.69) is 20.5 Å². The molecule has 2 aliphatic rings. The zero-order valence-corrected chi connectivity index (χ0v) is 17.0. The molecule has 2 saturated heterocycles. The molecule has 0 bridgehead atoms. The molecule has 2 aliphatic heterocycles. The Kier molecular flexibility index (Phi) is 5.83. The highest BCUT2D eigenvalue weighted by atomic mass is 16.4. The summed E-state index contributed by atoms with van der Waals surface area (Å²) < 4.78 is 0. The molecular weight excluding hydrogens is 400 g/mol. The van der Waals surface area contributed by atoms with E-state index >= 15 is 0 Å². The number of aliphatic carboxylic acids is 1. The first kappa shape index (κ1) is 20.8. The number of piperidine rings is 2. The van der Waals surface area contributed by atoms with Gasteiger partial charge in [0.15, 0.2) is 0 Å². The van der Waals surface area contributed by atoms with Gasteiger partial charge in [-0.25, -0.2) is 0 Å². The second-order valence-electron chi connectivity index (χ2n) is 8.04. The number of nitrogens with one attached hydrogen (secondary N) is 2. The molecule has 4 rings (SSSR count). The Balaban J connectivity index is 1.55. The number of carbonyl (C=O) groups is 4. The average molecular weight is 424 g/mol. The Labute approximate surface area is 178 Å². The normalized spacial score (nSPS) is 19.9. The van der Waals surface area contributed by atoms with E-state index in [9.17, 15) is 19.2 Å². The largest absolute Gasteiger partial charge is 0.481 e. The van der Waals surface area contributed by atoms with Gasteiger partial charge >= 0.3 is 5.97 Å². The van der Waals surface area contributed by atoms with Crippen LogP contribution in [0.4, 0.5) is 5.69 Å². The van der Waals surface area contributed by atoms with E-state index < -0.39 is 23.8 Å². The number of aromatic nitrogens is 1. The standard InChI is InChI=1S/C22H24N4O5/c27-18-6-4-16(22(31)25-18)24-21(30)15-3-5-17(14-2-1-9-23-20(14)15)26-10-7-13(8-11-26)12-19(28)29/h1-3,5,9,13,16H,4,6-8,10-12H2,(H,24,30)(H,28,29)(H,25,27,31). The van der Waals surface area contributed by atoms with Crippen molar-refractivity contribution >= 4 is 40.3 Å². The smallest absolute Gasteiger partial charge is 0.303 e. The lowest BCUT2D eigenvalue weighted by Gasteiger charge is -2.34. The van der Waals surface area contributed by atoms with E-state index in [4.69, 9.17) is 5.11 Å². The van der Waals surface area contributed by atoms with Crippen molar-refractivity contribution in [3.63, 3.8) is 0 Å². The average Bonchev–Trinajstić information content (AvgIpc) is 2.75. The lowest BCUT2D eigenvalue weighted by Crippen LogP contribution is -2.52. The van der Waals surface area contributed by atoms with Gasteiger partial charge in [0.05, 0.1) is 11.1 Å². The maximum atomic E-state index is 12.9. The molecule has 1 aromatic heterocycles. The van der Waals surface area contributed by atoms with Crippen molar-refractivity contribution in [3.05, 3.63) is 36.0 Å². The predicted molar refractivity (Wildman–Crippen MR) is 113 cm³/mol. The lowest BCUT2D eigenvalue weighted by molar-refractivity contribution is -0.138. The van der Waals surface area contributed by atoms with Crippen LogP contribution in [-0.4, -0.2) is 52.9 Å². The van der Waals surface area contributed by atoms with Crippen LogP contribution >= 0.6 is 0 Å². The summed E-state index contributed by atoms with van der Waals surface area (Å²) in [7, 11) is 0. The van der Waals surface area contributed by atoms with Crippen molar-refractivity contribution in [2.24, 2.45) is 5.92 Å². The summed E-state index contributed by atoms with van der Waals surface area (Å²) in [4.78, 5) is 53.8. The number of nitrogens with zero attached hydrogens (tertiary/aromatic N) is 2. The molecule has 0 aliphatic carbocycles. The molecule has 9 nitrogen and oxygen atoms in total. The number of hydrogen-bond acceptors (Lipinski definition) is 6. The minimum Gasteiger partial charge on any atom is -0.481 e. The summed E-state index contributed by atoms with van der Waals surface area (Å²) in [5.41, 5.74) is 1.86. The number of anilines is 1. The Morgan fingerprint density at radius 1 is 1.16 bits per heavy atom. The minimum atomic E-state index is -0.764. The Hall–Kier alpha value is -3.49. The van der Waals surface area contributed by atoms with E-state index in [1.807, 2.05) is 18.2 Å². The maximum Gasteiger partial charge on any atom is 0.303 e. The third-order valence-corrected chi connectivity index (χ3v) is 5.95. The molecule has 1 unspecified atom stereocenters. The Morgan fingerprint density at radius 3 is 2.65 bits per heavy atom. The number of benzene rings is 1. The van der Waals surface area contributed by atoms with Gasteiger partial charge in [-0.2, -0.15) is 0 Å². The van der Waals surface area contributed by atoms with Crippen LogP contribution in [0.1, 0.15) is 42.5 Å². The van der Waals surface area contributed by atoms with Crippen molar-refractivity contribution in [3.8, 4) is 0 Å². The van der Waals surface area contributed by atoms with Crippen LogP contribution < -0.4 is 15.5 Å². The lowest BCUT2D eigenvalue weighted by atomic mass is 9.93. The second-order valence-corrected chi connectivity index (χ2v) is 8.04. The van der Waals surface area contributed by atoms with E-state index in [1.165, 1.54) is 0 Å². The van der Waals surface area contributed by atoms with E-state index in [1.54, 1.807) is 12.3 Å². The number of imide groups is 1. The third-order valence-electron chi connectivity index (χ3n) is 5.95. The number of pyridine rings is 1. The first-order valence-electron chi connectivity index (χ1n) is 10.4. The van der Waals surface area contributed by atoms with E-state index in [-0.39, 0.29) is 31.1 Å². The fourth-order valence-corrected chi connectivity index (χ4v) is 4.31. The number of rotatable bonds is 5. The van der Waals surface area contributed by atoms with Gasteiger partial charge in [-0.05, 0) is 49.4 Å². The minimum absolute atomic E-state index is 0.178. The Morgan fingerprint density at radius 2 is 1.94 bits per heavy atom. The summed E-state index contributed by atoms with van der Waals surface area (Å²) in [6.45, 7) is 1.48. The van der Waals surface area contributed by atoms with Crippen LogP contribution in [0.25, 0.3) is 10.9 Å². The number of carboxylic acid groups (broad SMARTS) is 1. The van der Waals surface area contributed by atoms with Gasteiger partial charge < -0.3 is 15.3 Å². The molecule has 1 aromatic carbocycles. The SMILES string of the molecule is O=C(O)CC1CCN(c2ccc(C(=O)NC3CCC(=O)NC3=O)c3ncccc23)CC1. The first-order chi connectivity index (χ1) is 14.9. The van der Waals surface area contributed by atoms with Crippen molar-refractivity contribution in [1.29, 1.82) is 0 Å².